The normalized spacial score (nSPS) is 16.7. The average Bonchev–Trinajstić information content (AvgIpc) is 2.49. The molecule has 1 aliphatic heterocycles. The Kier molecular flexibility index (Phi) is 4.59. The van der Waals surface area contributed by atoms with Crippen LogP contribution in [0, 0.1) is 0 Å². The molecular weight excluding hydrogens is 192 g/mol. The lowest BCUT2D eigenvalue weighted by Crippen LogP contribution is -2.34. The number of carbonyl (C=O) groups is 2. The Morgan fingerprint density at radius 2 is 1.67 bits per heavy atom. The first kappa shape index (κ1) is 12.0. The van der Waals surface area contributed by atoms with Gasteiger partial charge in [-0.2, -0.15) is 0 Å². The van der Waals surface area contributed by atoms with E-state index in [2.05, 4.69) is 13.8 Å². The highest BCUT2D eigenvalue weighted by Crippen LogP contribution is 2.12. The molecule has 0 aromatic carbocycles. The molecule has 0 unspecified atom stereocenters. The highest BCUT2D eigenvalue weighted by atomic mass is 16.2. The number of urea groups is 1. The van der Waals surface area contributed by atoms with E-state index in [-0.39, 0.29) is 18.5 Å². The third kappa shape index (κ3) is 2.94. The van der Waals surface area contributed by atoms with Crippen molar-refractivity contribution in [2.24, 2.45) is 0 Å². The lowest BCUT2D eigenvalue weighted by Gasteiger charge is -2.16. The second kappa shape index (κ2) is 5.73. The van der Waals surface area contributed by atoms with E-state index in [1.54, 1.807) is 4.90 Å². The maximum atomic E-state index is 11.8. The van der Waals surface area contributed by atoms with Crippen molar-refractivity contribution in [1.82, 2.24) is 9.80 Å². The summed E-state index contributed by atoms with van der Waals surface area (Å²) in [6, 6.07) is -0.0955. The minimum absolute atomic E-state index is 0.0375. The van der Waals surface area contributed by atoms with Crippen LogP contribution in [0.5, 0.6) is 0 Å². The molecule has 4 nitrogen and oxygen atoms in total. The predicted octanol–water partition coefficient (Wildman–Crippen LogP) is 1.85. The van der Waals surface area contributed by atoms with Crippen LogP contribution in [0.25, 0.3) is 0 Å². The van der Waals surface area contributed by atoms with E-state index in [9.17, 15) is 9.59 Å². The second-order valence-corrected chi connectivity index (χ2v) is 3.96. The summed E-state index contributed by atoms with van der Waals surface area (Å²) < 4.78 is 0. The largest absolute Gasteiger partial charge is 0.327 e. The molecule has 1 saturated heterocycles. The molecule has 1 rings (SSSR count). The van der Waals surface area contributed by atoms with E-state index in [0.717, 1.165) is 25.7 Å². The lowest BCUT2D eigenvalue weighted by molar-refractivity contribution is -0.125. The molecule has 86 valence electrons. The molecule has 0 N–H and O–H groups in total. The molecule has 0 radical (unpaired) electrons. The molecule has 0 saturated carbocycles. The van der Waals surface area contributed by atoms with Crippen molar-refractivity contribution in [2.75, 3.05) is 19.6 Å². The molecular formula is C11H20N2O2. The standard InChI is InChI=1S/C11H20N2O2/c1-3-5-7-12-9-10(14)13(11(12)15)8-6-4-2/h3-9H2,1-2H3. The number of amides is 3. The number of rotatable bonds is 6. The first-order chi connectivity index (χ1) is 7.20. The van der Waals surface area contributed by atoms with Crippen LogP contribution < -0.4 is 0 Å². The topological polar surface area (TPSA) is 40.6 Å². The summed E-state index contributed by atoms with van der Waals surface area (Å²) in [7, 11) is 0. The Hall–Kier alpha value is -1.06. The van der Waals surface area contributed by atoms with Gasteiger partial charge >= 0.3 is 6.03 Å². The minimum Gasteiger partial charge on any atom is -0.315 e. The van der Waals surface area contributed by atoms with E-state index < -0.39 is 0 Å². The monoisotopic (exact) mass is 212 g/mol. The van der Waals surface area contributed by atoms with Gasteiger partial charge in [-0.1, -0.05) is 26.7 Å². The summed E-state index contributed by atoms with van der Waals surface area (Å²) in [5.41, 5.74) is 0. The molecule has 0 bridgehead atoms. The average molecular weight is 212 g/mol. The van der Waals surface area contributed by atoms with Crippen LogP contribution in [0.15, 0.2) is 0 Å². The van der Waals surface area contributed by atoms with Crippen molar-refractivity contribution in [3.63, 3.8) is 0 Å². The second-order valence-electron chi connectivity index (χ2n) is 3.96. The van der Waals surface area contributed by atoms with Gasteiger partial charge in [-0.05, 0) is 12.8 Å². The fraction of sp³-hybridized carbons (Fsp3) is 0.818. The van der Waals surface area contributed by atoms with Gasteiger partial charge in [-0.3, -0.25) is 9.69 Å². The van der Waals surface area contributed by atoms with Crippen LogP contribution in [-0.2, 0) is 4.79 Å². The smallest absolute Gasteiger partial charge is 0.315 e. The molecule has 0 aliphatic carbocycles. The van der Waals surface area contributed by atoms with Gasteiger partial charge < -0.3 is 4.90 Å². The number of nitrogens with zero attached hydrogens (tertiary/aromatic N) is 2. The Bertz CT molecular complexity index is 241. The third-order valence-corrected chi connectivity index (χ3v) is 2.65. The Morgan fingerprint density at radius 1 is 1.07 bits per heavy atom. The zero-order valence-corrected chi connectivity index (χ0v) is 9.66. The van der Waals surface area contributed by atoms with Crippen molar-refractivity contribution in [2.45, 2.75) is 39.5 Å². The van der Waals surface area contributed by atoms with Crippen LogP contribution in [0.3, 0.4) is 0 Å². The molecule has 0 spiro atoms. The number of hydrogen-bond donors (Lipinski definition) is 0. The SMILES string of the molecule is CCCCN1CC(=O)N(CCCC)C1=O. The van der Waals surface area contributed by atoms with Crippen molar-refractivity contribution in [1.29, 1.82) is 0 Å². The zero-order valence-electron chi connectivity index (χ0n) is 9.66. The highest BCUT2D eigenvalue weighted by Gasteiger charge is 2.34. The van der Waals surface area contributed by atoms with E-state index in [1.807, 2.05) is 0 Å². The van der Waals surface area contributed by atoms with Crippen LogP contribution in [-0.4, -0.2) is 41.4 Å². The van der Waals surface area contributed by atoms with Gasteiger partial charge in [0.15, 0.2) is 0 Å². The predicted molar refractivity (Wildman–Crippen MR) is 58.5 cm³/mol. The summed E-state index contributed by atoms with van der Waals surface area (Å²) in [5, 5.41) is 0. The van der Waals surface area contributed by atoms with E-state index in [0.29, 0.717) is 13.1 Å². The van der Waals surface area contributed by atoms with Gasteiger partial charge in [0.05, 0.1) is 0 Å². The fourth-order valence-corrected chi connectivity index (χ4v) is 1.65. The summed E-state index contributed by atoms with van der Waals surface area (Å²) in [6.07, 6.45) is 3.93. The van der Waals surface area contributed by atoms with Gasteiger partial charge in [0.2, 0.25) is 5.91 Å². The van der Waals surface area contributed by atoms with E-state index in [1.165, 1.54) is 4.90 Å². The zero-order chi connectivity index (χ0) is 11.3. The molecule has 3 amide bonds. The third-order valence-electron chi connectivity index (χ3n) is 2.65. The maximum absolute atomic E-state index is 11.8. The van der Waals surface area contributed by atoms with Crippen molar-refractivity contribution in [3.05, 3.63) is 0 Å². The summed E-state index contributed by atoms with van der Waals surface area (Å²) in [5.74, 6) is -0.0375. The quantitative estimate of drug-likeness (QED) is 0.630. The Balaban J connectivity index is 2.46. The molecule has 1 aliphatic rings. The van der Waals surface area contributed by atoms with Crippen LogP contribution >= 0.6 is 0 Å². The molecule has 4 heteroatoms. The minimum atomic E-state index is -0.0955. The molecule has 1 heterocycles. The van der Waals surface area contributed by atoms with Crippen LogP contribution in [0.1, 0.15) is 39.5 Å². The molecule has 15 heavy (non-hydrogen) atoms. The molecule has 0 aromatic rings. The molecule has 1 fully saturated rings. The fourth-order valence-electron chi connectivity index (χ4n) is 1.65. The number of unbranched alkanes of at least 4 members (excludes halogenated alkanes) is 2. The van der Waals surface area contributed by atoms with E-state index in [4.69, 9.17) is 0 Å². The van der Waals surface area contributed by atoms with Crippen molar-refractivity contribution in [3.8, 4) is 0 Å². The highest BCUT2D eigenvalue weighted by molar-refractivity contribution is 6.01. The number of imide groups is 1. The van der Waals surface area contributed by atoms with Crippen molar-refractivity contribution < 1.29 is 9.59 Å². The molecule has 0 aromatic heterocycles. The first-order valence-electron chi connectivity index (χ1n) is 5.80. The maximum Gasteiger partial charge on any atom is 0.327 e. The van der Waals surface area contributed by atoms with Gasteiger partial charge in [0.25, 0.3) is 0 Å². The summed E-state index contributed by atoms with van der Waals surface area (Å²) in [6.45, 7) is 5.71. The Labute approximate surface area is 91.2 Å². The van der Waals surface area contributed by atoms with Gasteiger partial charge in [-0.15, -0.1) is 0 Å². The Morgan fingerprint density at radius 3 is 2.27 bits per heavy atom. The summed E-state index contributed by atoms with van der Waals surface area (Å²) >= 11 is 0. The van der Waals surface area contributed by atoms with Gasteiger partial charge in [-0.25, -0.2) is 4.79 Å². The lowest BCUT2D eigenvalue weighted by atomic mass is 10.3. The number of hydrogen-bond acceptors (Lipinski definition) is 2. The van der Waals surface area contributed by atoms with Gasteiger partial charge in [0, 0.05) is 13.1 Å². The van der Waals surface area contributed by atoms with Crippen LogP contribution in [0.4, 0.5) is 4.79 Å². The number of carbonyl (C=O) groups excluding carboxylic acids is 2. The van der Waals surface area contributed by atoms with E-state index >= 15 is 0 Å². The summed E-state index contributed by atoms with van der Waals surface area (Å²) in [4.78, 5) is 26.3. The first-order valence-corrected chi connectivity index (χ1v) is 5.80. The molecule has 0 atom stereocenters. The van der Waals surface area contributed by atoms with Crippen molar-refractivity contribution >= 4 is 11.9 Å². The van der Waals surface area contributed by atoms with Crippen LogP contribution in [0.2, 0.25) is 0 Å². The van der Waals surface area contributed by atoms with Gasteiger partial charge in [0.1, 0.15) is 6.54 Å².